The molecule has 4 nitrogen and oxygen atoms in total. The predicted octanol–water partition coefficient (Wildman–Crippen LogP) is 1.96. The number of hydrazine groups is 1. The van der Waals surface area contributed by atoms with E-state index in [1.165, 1.54) is 5.56 Å². The molecule has 1 aromatic rings. The average Bonchev–Trinajstić information content (AvgIpc) is 2.39. The molecular weight excluding hydrogens is 240 g/mol. The summed E-state index contributed by atoms with van der Waals surface area (Å²) >= 11 is 0. The maximum absolute atomic E-state index is 12.1. The first-order chi connectivity index (χ1) is 8.97. The Morgan fingerprint density at radius 3 is 2.26 bits per heavy atom. The second-order valence-electron chi connectivity index (χ2n) is 5.87. The smallest absolute Gasteiger partial charge is 0.265 e. The van der Waals surface area contributed by atoms with Crippen LogP contribution in [0.25, 0.3) is 0 Å². The Morgan fingerprint density at radius 1 is 1.16 bits per heavy atom. The molecule has 4 heteroatoms. The van der Waals surface area contributed by atoms with E-state index >= 15 is 0 Å². The van der Waals surface area contributed by atoms with E-state index in [0.717, 1.165) is 13.1 Å². The van der Waals surface area contributed by atoms with Crippen molar-refractivity contribution in [2.75, 3.05) is 26.3 Å². The molecule has 1 amide bonds. The van der Waals surface area contributed by atoms with Crippen molar-refractivity contribution in [2.45, 2.75) is 26.2 Å². The number of amides is 1. The van der Waals surface area contributed by atoms with Gasteiger partial charge in [0.1, 0.15) is 0 Å². The summed E-state index contributed by atoms with van der Waals surface area (Å²) in [5, 5.41) is 1.91. The minimum atomic E-state index is -0.0534. The number of hydrogen-bond donors (Lipinski definition) is 1. The van der Waals surface area contributed by atoms with Crippen LogP contribution in [0.5, 0.6) is 0 Å². The van der Waals surface area contributed by atoms with Crippen LogP contribution in [0.4, 0.5) is 0 Å². The van der Waals surface area contributed by atoms with Gasteiger partial charge in [-0.1, -0.05) is 32.9 Å². The molecule has 19 heavy (non-hydrogen) atoms. The Bertz CT molecular complexity index is 428. The van der Waals surface area contributed by atoms with Gasteiger partial charge in [-0.25, -0.2) is 5.01 Å². The first-order valence-electron chi connectivity index (χ1n) is 6.71. The fourth-order valence-electron chi connectivity index (χ4n) is 2.00. The van der Waals surface area contributed by atoms with Crippen molar-refractivity contribution in [2.24, 2.45) is 0 Å². The minimum Gasteiger partial charge on any atom is -0.379 e. The first kappa shape index (κ1) is 14.0. The normalized spacial score (nSPS) is 17.2. The Morgan fingerprint density at radius 2 is 1.74 bits per heavy atom. The molecule has 1 N–H and O–H groups in total. The van der Waals surface area contributed by atoms with E-state index in [-0.39, 0.29) is 11.3 Å². The van der Waals surface area contributed by atoms with Crippen LogP contribution in [0.1, 0.15) is 36.7 Å². The summed E-state index contributed by atoms with van der Waals surface area (Å²) in [6, 6.07) is 7.81. The molecule has 0 aliphatic carbocycles. The molecule has 1 aliphatic rings. The lowest BCUT2D eigenvalue weighted by molar-refractivity contribution is 0.0126. The van der Waals surface area contributed by atoms with Crippen LogP contribution in [0.3, 0.4) is 0 Å². The Kier molecular flexibility index (Phi) is 4.22. The van der Waals surface area contributed by atoms with Gasteiger partial charge in [0, 0.05) is 18.7 Å². The van der Waals surface area contributed by atoms with Crippen LogP contribution in [-0.2, 0) is 10.2 Å². The van der Waals surface area contributed by atoms with Gasteiger partial charge < -0.3 is 4.74 Å². The van der Waals surface area contributed by atoms with Crippen molar-refractivity contribution in [1.82, 2.24) is 10.4 Å². The van der Waals surface area contributed by atoms with Gasteiger partial charge in [-0.15, -0.1) is 0 Å². The lowest BCUT2D eigenvalue weighted by atomic mass is 9.87. The Balaban J connectivity index is 1.99. The summed E-state index contributed by atoms with van der Waals surface area (Å²) in [5.41, 5.74) is 4.94. The zero-order valence-corrected chi connectivity index (χ0v) is 11.9. The summed E-state index contributed by atoms with van der Waals surface area (Å²) in [7, 11) is 0. The summed E-state index contributed by atoms with van der Waals surface area (Å²) in [4.78, 5) is 12.1. The van der Waals surface area contributed by atoms with E-state index in [4.69, 9.17) is 4.74 Å². The molecule has 1 saturated heterocycles. The molecule has 1 fully saturated rings. The van der Waals surface area contributed by atoms with Crippen molar-refractivity contribution in [3.8, 4) is 0 Å². The maximum Gasteiger partial charge on any atom is 0.265 e. The van der Waals surface area contributed by atoms with E-state index in [1.54, 1.807) is 0 Å². The largest absolute Gasteiger partial charge is 0.379 e. The van der Waals surface area contributed by atoms with Crippen molar-refractivity contribution in [3.05, 3.63) is 35.4 Å². The fourth-order valence-corrected chi connectivity index (χ4v) is 2.00. The summed E-state index contributed by atoms with van der Waals surface area (Å²) in [6.45, 7) is 9.31. The molecule has 0 radical (unpaired) electrons. The lowest BCUT2D eigenvalue weighted by Crippen LogP contribution is -2.48. The highest BCUT2D eigenvalue weighted by Crippen LogP contribution is 2.22. The number of carbonyl (C=O) groups is 1. The number of carbonyl (C=O) groups excluding carboxylic acids is 1. The maximum atomic E-state index is 12.1. The van der Waals surface area contributed by atoms with E-state index in [0.29, 0.717) is 18.8 Å². The van der Waals surface area contributed by atoms with Crippen LogP contribution >= 0.6 is 0 Å². The molecule has 0 aromatic heterocycles. The molecule has 1 heterocycles. The number of nitrogens with one attached hydrogen (secondary N) is 1. The van der Waals surface area contributed by atoms with Crippen molar-refractivity contribution in [1.29, 1.82) is 0 Å². The Labute approximate surface area is 114 Å². The third-order valence-corrected chi connectivity index (χ3v) is 3.28. The number of rotatable bonds is 2. The summed E-state index contributed by atoms with van der Waals surface area (Å²) in [6.07, 6.45) is 0. The highest BCUT2D eigenvalue weighted by Gasteiger charge is 2.16. The van der Waals surface area contributed by atoms with Gasteiger partial charge in [0.15, 0.2) is 0 Å². The van der Waals surface area contributed by atoms with Crippen LogP contribution in [-0.4, -0.2) is 37.2 Å². The number of ether oxygens (including phenoxy) is 1. The molecule has 0 atom stereocenters. The predicted molar refractivity (Wildman–Crippen MR) is 75.0 cm³/mol. The van der Waals surface area contributed by atoms with Crippen molar-refractivity contribution < 1.29 is 9.53 Å². The number of morpholine rings is 1. The quantitative estimate of drug-likeness (QED) is 0.886. The molecule has 0 unspecified atom stereocenters. The highest BCUT2D eigenvalue weighted by atomic mass is 16.5. The third-order valence-electron chi connectivity index (χ3n) is 3.28. The van der Waals surface area contributed by atoms with Gasteiger partial charge in [0.05, 0.1) is 13.2 Å². The second-order valence-corrected chi connectivity index (χ2v) is 5.87. The minimum absolute atomic E-state index is 0.0534. The van der Waals surface area contributed by atoms with E-state index in [2.05, 4.69) is 26.2 Å². The van der Waals surface area contributed by atoms with Crippen LogP contribution in [0, 0.1) is 0 Å². The van der Waals surface area contributed by atoms with E-state index in [9.17, 15) is 4.79 Å². The summed E-state index contributed by atoms with van der Waals surface area (Å²) in [5.74, 6) is -0.0534. The summed E-state index contributed by atoms with van der Waals surface area (Å²) < 4.78 is 5.25. The number of benzene rings is 1. The molecular formula is C15H22N2O2. The van der Waals surface area contributed by atoms with E-state index in [1.807, 2.05) is 29.3 Å². The van der Waals surface area contributed by atoms with Crippen molar-refractivity contribution >= 4 is 5.91 Å². The molecule has 0 saturated carbocycles. The van der Waals surface area contributed by atoms with Gasteiger partial charge in [-0.2, -0.15) is 0 Å². The van der Waals surface area contributed by atoms with Crippen LogP contribution < -0.4 is 5.43 Å². The van der Waals surface area contributed by atoms with Crippen LogP contribution in [0.2, 0.25) is 0 Å². The highest BCUT2D eigenvalue weighted by molar-refractivity contribution is 5.93. The van der Waals surface area contributed by atoms with Crippen LogP contribution in [0.15, 0.2) is 24.3 Å². The van der Waals surface area contributed by atoms with E-state index < -0.39 is 0 Å². The molecule has 0 bridgehead atoms. The lowest BCUT2D eigenvalue weighted by Gasteiger charge is -2.27. The fraction of sp³-hybridized carbons (Fsp3) is 0.533. The molecule has 1 aliphatic heterocycles. The van der Waals surface area contributed by atoms with Gasteiger partial charge in [0.25, 0.3) is 5.91 Å². The third kappa shape index (κ3) is 3.78. The number of hydrogen-bond acceptors (Lipinski definition) is 3. The number of nitrogens with zero attached hydrogens (tertiary/aromatic N) is 1. The molecule has 0 spiro atoms. The average molecular weight is 262 g/mol. The van der Waals surface area contributed by atoms with Gasteiger partial charge >= 0.3 is 0 Å². The monoisotopic (exact) mass is 262 g/mol. The molecule has 2 rings (SSSR count). The van der Waals surface area contributed by atoms with Gasteiger partial charge in [-0.05, 0) is 23.1 Å². The van der Waals surface area contributed by atoms with Crippen molar-refractivity contribution in [3.63, 3.8) is 0 Å². The Hall–Kier alpha value is -1.39. The second kappa shape index (κ2) is 5.72. The van der Waals surface area contributed by atoms with Gasteiger partial charge in [-0.3, -0.25) is 10.2 Å². The zero-order valence-electron chi connectivity index (χ0n) is 11.9. The first-order valence-corrected chi connectivity index (χ1v) is 6.71. The zero-order chi connectivity index (χ0) is 13.9. The molecule has 104 valence electrons. The van der Waals surface area contributed by atoms with Gasteiger partial charge in [0.2, 0.25) is 0 Å². The topological polar surface area (TPSA) is 41.6 Å². The molecule has 1 aromatic carbocycles. The SMILES string of the molecule is CC(C)(C)c1ccc(C(=O)NN2CCOCC2)cc1. The standard InChI is InChI=1S/C15H22N2O2/c1-15(2,3)13-6-4-12(5-7-13)14(18)16-17-8-10-19-11-9-17/h4-7H,8-11H2,1-3H3,(H,16,18).